The molecule has 2 aromatic rings. The minimum absolute atomic E-state index is 0.148. The van der Waals surface area contributed by atoms with Crippen molar-refractivity contribution in [2.24, 2.45) is 0 Å². The predicted octanol–water partition coefficient (Wildman–Crippen LogP) is 4.50. The van der Waals surface area contributed by atoms with Gasteiger partial charge >= 0.3 is 0 Å². The standard InChI is InChI=1S/C16H15FOS/c1-12-2-4-13(5-3-12)16(18)10-11-19-15-8-6-14(17)7-9-15/h2-9H,10-11H2,1H3. The van der Waals surface area contributed by atoms with E-state index in [1.165, 1.54) is 12.1 Å². The van der Waals surface area contributed by atoms with E-state index in [9.17, 15) is 9.18 Å². The van der Waals surface area contributed by atoms with Crippen LogP contribution in [0.3, 0.4) is 0 Å². The summed E-state index contributed by atoms with van der Waals surface area (Å²) in [6, 6.07) is 13.9. The van der Waals surface area contributed by atoms with Gasteiger partial charge in [-0.25, -0.2) is 4.39 Å². The van der Waals surface area contributed by atoms with Gasteiger partial charge in [0.05, 0.1) is 0 Å². The molecule has 19 heavy (non-hydrogen) atoms. The lowest BCUT2D eigenvalue weighted by atomic mass is 10.1. The van der Waals surface area contributed by atoms with Crippen LogP contribution in [0.4, 0.5) is 4.39 Å². The number of thioether (sulfide) groups is 1. The Bertz CT molecular complexity index is 546. The number of hydrogen-bond acceptors (Lipinski definition) is 2. The summed E-state index contributed by atoms with van der Waals surface area (Å²) in [5.41, 5.74) is 1.91. The van der Waals surface area contributed by atoms with Gasteiger partial charge in [-0.2, -0.15) is 0 Å². The number of aryl methyl sites for hydroxylation is 1. The minimum Gasteiger partial charge on any atom is -0.294 e. The van der Waals surface area contributed by atoms with E-state index < -0.39 is 0 Å². The Labute approximate surface area is 116 Å². The van der Waals surface area contributed by atoms with E-state index in [1.807, 2.05) is 31.2 Å². The summed E-state index contributed by atoms with van der Waals surface area (Å²) in [7, 11) is 0. The van der Waals surface area contributed by atoms with Gasteiger partial charge in [-0.15, -0.1) is 11.8 Å². The number of carbonyl (C=O) groups excluding carboxylic acids is 1. The highest BCUT2D eigenvalue weighted by Gasteiger charge is 2.05. The molecule has 0 saturated heterocycles. The molecule has 2 rings (SSSR count). The SMILES string of the molecule is Cc1ccc(C(=O)CCSc2ccc(F)cc2)cc1. The summed E-state index contributed by atoms with van der Waals surface area (Å²) in [6.45, 7) is 2.00. The number of halogens is 1. The number of Topliss-reactive ketones (excluding diaryl/α,β-unsaturated/α-hetero) is 1. The number of hydrogen-bond donors (Lipinski definition) is 0. The number of benzene rings is 2. The van der Waals surface area contributed by atoms with Gasteiger partial charge in [-0.05, 0) is 31.2 Å². The normalized spacial score (nSPS) is 10.4. The Hall–Kier alpha value is -1.61. The van der Waals surface area contributed by atoms with Gasteiger partial charge in [0.25, 0.3) is 0 Å². The largest absolute Gasteiger partial charge is 0.294 e. The zero-order valence-corrected chi connectivity index (χ0v) is 11.5. The van der Waals surface area contributed by atoms with Crippen molar-refractivity contribution >= 4 is 17.5 Å². The van der Waals surface area contributed by atoms with Crippen molar-refractivity contribution < 1.29 is 9.18 Å². The molecule has 0 spiro atoms. The van der Waals surface area contributed by atoms with Gasteiger partial charge in [0, 0.05) is 22.6 Å². The highest BCUT2D eigenvalue weighted by Crippen LogP contribution is 2.19. The van der Waals surface area contributed by atoms with Crippen molar-refractivity contribution in [1.82, 2.24) is 0 Å². The third-order valence-corrected chi connectivity index (χ3v) is 3.80. The van der Waals surface area contributed by atoms with Crippen LogP contribution >= 0.6 is 11.8 Å². The van der Waals surface area contributed by atoms with Crippen molar-refractivity contribution in [3.8, 4) is 0 Å². The van der Waals surface area contributed by atoms with E-state index in [1.54, 1.807) is 23.9 Å². The lowest BCUT2D eigenvalue weighted by molar-refractivity contribution is 0.0989. The van der Waals surface area contributed by atoms with Crippen molar-refractivity contribution in [3.63, 3.8) is 0 Å². The molecular formula is C16H15FOS. The second-order valence-corrected chi connectivity index (χ2v) is 5.51. The predicted molar refractivity (Wildman–Crippen MR) is 77.3 cm³/mol. The molecule has 3 heteroatoms. The fraction of sp³-hybridized carbons (Fsp3) is 0.188. The van der Waals surface area contributed by atoms with Crippen LogP contribution in [0.2, 0.25) is 0 Å². The van der Waals surface area contributed by atoms with Crippen molar-refractivity contribution in [2.45, 2.75) is 18.2 Å². The molecule has 0 heterocycles. The first-order chi connectivity index (χ1) is 9.15. The molecule has 0 aliphatic carbocycles. The average Bonchev–Trinajstić information content (AvgIpc) is 2.41. The van der Waals surface area contributed by atoms with Gasteiger partial charge in [-0.1, -0.05) is 29.8 Å². The third kappa shape index (κ3) is 4.21. The number of rotatable bonds is 5. The first kappa shape index (κ1) is 13.8. The molecule has 0 amide bonds. The van der Waals surface area contributed by atoms with Crippen molar-refractivity contribution in [1.29, 1.82) is 0 Å². The van der Waals surface area contributed by atoms with E-state index in [4.69, 9.17) is 0 Å². The van der Waals surface area contributed by atoms with E-state index in [0.717, 1.165) is 16.0 Å². The monoisotopic (exact) mass is 274 g/mol. The Kier molecular flexibility index (Phi) is 4.74. The summed E-state index contributed by atoms with van der Waals surface area (Å²) < 4.78 is 12.7. The van der Waals surface area contributed by atoms with E-state index in [-0.39, 0.29) is 11.6 Å². The Balaban J connectivity index is 1.84. The summed E-state index contributed by atoms with van der Waals surface area (Å²) >= 11 is 1.57. The van der Waals surface area contributed by atoms with Gasteiger partial charge in [0.1, 0.15) is 5.82 Å². The Morgan fingerprint density at radius 3 is 2.32 bits per heavy atom. The minimum atomic E-state index is -0.236. The Morgan fingerprint density at radius 1 is 1.05 bits per heavy atom. The average molecular weight is 274 g/mol. The quantitative estimate of drug-likeness (QED) is 0.590. The van der Waals surface area contributed by atoms with Crippen LogP contribution in [-0.2, 0) is 0 Å². The second kappa shape index (κ2) is 6.53. The van der Waals surface area contributed by atoms with Crippen LogP contribution in [0.25, 0.3) is 0 Å². The first-order valence-corrected chi connectivity index (χ1v) is 7.12. The zero-order valence-electron chi connectivity index (χ0n) is 10.7. The lowest BCUT2D eigenvalue weighted by Crippen LogP contribution is -2.00. The van der Waals surface area contributed by atoms with E-state index in [0.29, 0.717) is 12.2 Å². The molecule has 1 nitrogen and oxygen atoms in total. The maximum Gasteiger partial charge on any atom is 0.163 e. The molecule has 2 aromatic carbocycles. The van der Waals surface area contributed by atoms with Crippen LogP contribution in [0.1, 0.15) is 22.3 Å². The van der Waals surface area contributed by atoms with Crippen LogP contribution < -0.4 is 0 Å². The topological polar surface area (TPSA) is 17.1 Å². The molecule has 0 N–H and O–H groups in total. The highest BCUT2D eigenvalue weighted by atomic mass is 32.2. The van der Waals surface area contributed by atoms with Gasteiger partial charge in [0.2, 0.25) is 0 Å². The van der Waals surface area contributed by atoms with Gasteiger partial charge < -0.3 is 0 Å². The fourth-order valence-corrected chi connectivity index (χ4v) is 2.53. The third-order valence-electron chi connectivity index (χ3n) is 2.79. The molecule has 0 fully saturated rings. The number of ketones is 1. The van der Waals surface area contributed by atoms with Crippen LogP contribution in [0, 0.1) is 12.7 Å². The molecule has 0 radical (unpaired) electrons. The lowest BCUT2D eigenvalue weighted by Gasteiger charge is -2.02. The van der Waals surface area contributed by atoms with Gasteiger partial charge in [0.15, 0.2) is 5.78 Å². The molecule has 98 valence electrons. The van der Waals surface area contributed by atoms with Crippen LogP contribution in [0.15, 0.2) is 53.4 Å². The van der Waals surface area contributed by atoms with Gasteiger partial charge in [-0.3, -0.25) is 4.79 Å². The van der Waals surface area contributed by atoms with Crippen LogP contribution in [-0.4, -0.2) is 11.5 Å². The smallest absolute Gasteiger partial charge is 0.163 e. The van der Waals surface area contributed by atoms with Crippen LogP contribution in [0.5, 0.6) is 0 Å². The highest BCUT2D eigenvalue weighted by molar-refractivity contribution is 7.99. The summed E-state index contributed by atoms with van der Waals surface area (Å²) in [6.07, 6.45) is 0.491. The fourth-order valence-electron chi connectivity index (χ4n) is 1.68. The summed E-state index contributed by atoms with van der Waals surface area (Å²) in [4.78, 5) is 12.9. The van der Waals surface area contributed by atoms with Crippen molar-refractivity contribution in [2.75, 3.05) is 5.75 Å². The maximum atomic E-state index is 12.7. The maximum absolute atomic E-state index is 12.7. The second-order valence-electron chi connectivity index (χ2n) is 4.34. The van der Waals surface area contributed by atoms with E-state index in [2.05, 4.69) is 0 Å². The Morgan fingerprint density at radius 2 is 1.68 bits per heavy atom. The summed E-state index contributed by atoms with van der Waals surface area (Å²) in [5.74, 6) is 0.618. The number of carbonyl (C=O) groups is 1. The molecule has 0 unspecified atom stereocenters. The molecular weight excluding hydrogens is 259 g/mol. The van der Waals surface area contributed by atoms with Crippen molar-refractivity contribution in [3.05, 3.63) is 65.5 Å². The summed E-state index contributed by atoms with van der Waals surface area (Å²) in [5, 5.41) is 0. The molecule has 0 saturated carbocycles. The zero-order chi connectivity index (χ0) is 13.7. The molecule has 0 aromatic heterocycles. The van der Waals surface area contributed by atoms with E-state index >= 15 is 0 Å². The molecule has 0 atom stereocenters. The molecule has 0 aliphatic rings. The first-order valence-electron chi connectivity index (χ1n) is 6.13. The molecule has 0 aliphatic heterocycles. The molecule has 0 bridgehead atoms.